The number of aromatic amines is 1. The van der Waals surface area contributed by atoms with E-state index in [0.717, 1.165) is 0 Å². The van der Waals surface area contributed by atoms with E-state index in [1.54, 1.807) is 0 Å². The van der Waals surface area contributed by atoms with E-state index < -0.39 is 5.97 Å². The normalized spacial score (nSPS) is 10.5. The standard InChI is InChI=1S/C9H11Br2NO3/c1-4(2)15-7-5(10)8(11)12-6(7)9(13)14-3/h4,12H,1-3H3. The van der Waals surface area contributed by atoms with Crippen molar-refractivity contribution in [2.45, 2.75) is 20.0 Å². The summed E-state index contributed by atoms with van der Waals surface area (Å²) in [6.07, 6.45) is -0.0209. The Morgan fingerprint density at radius 1 is 1.40 bits per heavy atom. The van der Waals surface area contributed by atoms with E-state index in [9.17, 15) is 4.79 Å². The predicted molar refractivity (Wildman–Crippen MR) is 63.3 cm³/mol. The second kappa shape index (κ2) is 5.03. The molecule has 0 fully saturated rings. The summed E-state index contributed by atoms with van der Waals surface area (Å²) in [5.74, 6) is 0.000718. The average Bonchev–Trinajstić information content (AvgIpc) is 2.44. The second-order valence-corrected chi connectivity index (χ2v) is 4.70. The molecule has 4 nitrogen and oxygen atoms in total. The maximum absolute atomic E-state index is 11.4. The number of carbonyl (C=O) groups excluding carboxylic acids is 1. The van der Waals surface area contributed by atoms with Crippen LogP contribution in [0.15, 0.2) is 9.08 Å². The van der Waals surface area contributed by atoms with E-state index >= 15 is 0 Å². The van der Waals surface area contributed by atoms with Gasteiger partial charge in [0.25, 0.3) is 0 Å². The summed E-state index contributed by atoms with van der Waals surface area (Å²) in [6.45, 7) is 3.77. The number of H-pyrrole nitrogens is 1. The third kappa shape index (κ3) is 2.75. The van der Waals surface area contributed by atoms with E-state index in [0.29, 0.717) is 20.5 Å². The van der Waals surface area contributed by atoms with Crippen LogP contribution in [0.25, 0.3) is 0 Å². The highest BCUT2D eigenvalue weighted by molar-refractivity contribution is 9.13. The molecule has 0 saturated heterocycles. The fourth-order valence-electron chi connectivity index (χ4n) is 1.02. The molecule has 6 heteroatoms. The minimum absolute atomic E-state index is 0.0209. The molecule has 1 aromatic rings. The highest BCUT2D eigenvalue weighted by atomic mass is 79.9. The van der Waals surface area contributed by atoms with Crippen LogP contribution >= 0.6 is 31.9 Å². The lowest BCUT2D eigenvalue weighted by Crippen LogP contribution is -2.10. The second-order valence-electron chi connectivity index (χ2n) is 3.12. The van der Waals surface area contributed by atoms with Crippen molar-refractivity contribution in [3.05, 3.63) is 14.8 Å². The molecule has 0 saturated carbocycles. The summed E-state index contributed by atoms with van der Waals surface area (Å²) >= 11 is 6.58. The molecule has 0 atom stereocenters. The van der Waals surface area contributed by atoms with Crippen LogP contribution in [0.4, 0.5) is 0 Å². The largest absolute Gasteiger partial charge is 0.487 e. The summed E-state index contributed by atoms with van der Waals surface area (Å²) in [5, 5.41) is 0. The van der Waals surface area contributed by atoms with E-state index in [-0.39, 0.29) is 6.10 Å². The summed E-state index contributed by atoms with van der Waals surface area (Å²) in [5.41, 5.74) is 0.296. The molecule has 84 valence electrons. The summed E-state index contributed by atoms with van der Waals surface area (Å²) in [6, 6.07) is 0. The van der Waals surface area contributed by atoms with Gasteiger partial charge in [0.1, 0.15) is 4.60 Å². The predicted octanol–water partition coefficient (Wildman–Crippen LogP) is 3.11. The van der Waals surface area contributed by atoms with Gasteiger partial charge in [0.15, 0.2) is 11.4 Å². The third-order valence-electron chi connectivity index (χ3n) is 1.60. The Kier molecular flexibility index (Phi) is 4.21. The van der Waals surface area contributed by atoms with Gasteiger partial charge in [0, 0.05) is 0 Å². The smallest absolute Gasteiger partial charge is 0.358 e. The first-order valence-corrected chi connectivity index (χ1v) is 5.87. The summed E-state index contributed by atoms with van der Waals surface area (Å²) in [4.78, 5) is 14.2. The van der Waals surface area contributed by atoms with Gasteiger partial charge in [0.05, 0.1) is 17.7 Å². The monoisotopic (exact) mass is 339 g/mol. The zero-order valence-corrected chi connectivity index (χ0v) is 11.7. The number of halogens is 2. The molecule has 15 heavy (non-hydrogen) atoms. The van der Waals surface area contributed by atoms with E-state index in [4.69, 9.17) is 4.74 Å². The molecule has 0 bridgehead atoms. The SMILES string of the molecule is COC(=O)c1[nH]c(Br)c(Br)c1OC(C)C. The average molecular weight is 341 g/mol. The quantitative estimate of drug-likeness (QED) is 0.860. The molecule has 0 radical (unpaired) electrons. The highest BCUT2D eigenvalue weighted by Gasteiger charge is 2.22. The lowest BCUT2D eigenvalue weighted by molar-refractivity contribution is 0.0588. The molecule has 0 aliphatic heterocycles. The Morgan fingerprint density at radius 2 is 2.00 bits per heavy atom. The Bertz CT molecular complexity index is 374. The fraction of sp³-hybridized carbons (Fsp3) is 0.444. The third-order valence-corrected chi connectivity index (χ3v) is 3.48. The van der Waals surface area contributed by atoms with Crippen molar-refractivity contribution in [1.82, 2.24) is 4.98 Å². The lowest BCUT2D eigenvalue weighted by atomic mass is 10.4. The Labute approximate surface area is 105 Å². The summed E-state index contributed by atoms with van der Waals surface area (Å²) in [7, 11) is 1.32. The molecule has 0 aliphatic carbocycles. The van der Waals surface area contributed by atoms with Gasteiger partial charge in [-0.2, -0.15) is 0 Å². The van der Waals surface area contributed by atoms with Crippen molar-refractivity contribution < 1.29 is 14.3 Å². The van der Waals surface area contributed by atoms with Gasteiger partial charge in [-0.1, -0.05) is 0 Å². The molecule has 0 unspecified atom stereocenters. The Morgan fingerprint density at radius 3 is 2.47 bits per heavy atom. The zero-order valence-electron chi connectivity index (χ0n) is 8.56. The number of esters is 1. The van der Waals surface area contributed by atoms with Crippen LogP contribution in [0.2, 0.25) is 0 Å². The minimum Gasteiger partial charge on any atom is -0.487 e. The number of hydrogen-bond acceptors (Lipinski definition) is 3. The molecular formula is C9H11Br2NO3. The van der Waals surface area contributed by atoms with Crippen LogP contribution in [0, 0.1) is 0 Å². The van der Waals surface area contributed by atoms with Crippen LogP contribution in [0.5, 0.6) is 5.75 Å². The molecule has 1 heterocycles. The Balaban J connectivity index is 3.14. The number of aromatic nitrogens is 1. The molecule has 1 rings (SSSR count). The topological polar surface area (TPSA) is 51.3 Å². The molecule has 0 spiro atoms. The fourth-order valence-corrected chi connectivity index (χ4v) is 1.79. The van der Waals surface area contributed by atoms with Crippen molar-refractivity contribution in [3.8, 4) is 5.75 Å². The van der Waals surface area contributed by atoms with Crippen molar-refractivity contribution in [3.63, 3.8) is 0 Å². The van der Waals surface area contributed by atoms with Crippen LogP contribution in [-0.2, 0) is 4.74 Å². The van der Waals surface area contributed by atoms with Crippen LogP contribution in [-0.4, -0.2) is 24.2 Å². The Hall–Kier alpha value is -0.490. The van der Waals surface area contributed by atoms with Crippen molar-refractivity contribution in [2.75, 3.05) is 7.11 Å². The first-order chi connectivity index (χ1) is 6.97. The van der Waals surface area contributed by atoms with Gasteiger partial charge in [-0.05, 0) is 45.7 Å². The minimum atomic E-state index is -0.461. The van der Waals surface area contributed by atoms with Gasteiger partial charge in [-0.3, -0.25) is 0 Å². The van der Waals surface area contributed by atoms with Gasteiger partial charge in [0.2, 0.25) is 0 Å². The molecule has 0 aliphatic rings. The maximum Gasteiger partial charge on any atom is 0.358 e. The van der Waals surface area contributed by atoms with E-state index in [1.807, 2.05) is 13.8 Å². The van der Waals surface area contributed by atoms with E-state index in [1.165, 1.54) is 7.11 Å². The molecule has 1 aromatic heterocycles. The molecule has 0 aromatic carbocycles. The highest BCUT2D eigenvalue weighted by Crippen LogP contribution is 2.36. The van der Waals surface area contributed by atoms with Gasteiger partial charge in [-0.15, -0.1) is 0 Å². The van der Waals surface area contributed by atoms with Gasteiger partial charge >= 0.3 is 5.97 Å². The number of carbonyl (C=O) groups is 1. The van der Waals surface area contributed by atoms with Crippen molar-refractivity contribution >= 4 is 37.8 Å². The zero-order chi connectivity index (χ0) is 11.6. The molecule has 1 N–H and O–H groups in total. The number of methoxy groups -OCH3 is 1. The van der Waals surface area contributed by atoms with Crippen LogP contribution in [0.3, 0.4) is 0 Å². The number of nitrogens with one attached hydrogen (secondary N) is 1. The number of hydrogen-bond donors (Lipinski definition) is 1. The van der Waals surface area contributed by atoms with Gasteiger partial charge < -0.3 is 14.5 Å². The maximum atomic E-state index is 11.4. The molecule has 0 amide bonds. The van der Waals surface area contributed by atoms with Crippen molar-refractivity contribution in [1.29, 1.82) is 0 Å². The van der Waals surface area contributed by atoms with E-state index in [2.05, 4.69) is 41.6 Å². The first kappa shape index (κ1) is 12.6. The van der Waals surface area contributed by atoms with Crippen molar-refractivity contribution in [2.24, 2.45) is 0 Å². The summed E-state index contributed by atoms with van der Waals surface area (Å²) < 4.78 is 11.5. The van der Waals surface area contributed by atoms with Crippen LogP contribution in [0.1, 0.15) is 24.3 Å². The number of ether oxygens (including phenoxy) is 2. The van der Waals surface area contributed by atoms with Gasteiger partial charge in [-0.25, -0.2) is 4.79 Å². The lowest BCUT2D eigenvalue weighted by Gasteiger charge is -2.09. The van der Waals surface area contributed by atoms with Crippen LogP contribution < -0.4 is 4.74 Å². The first-order valence-electron chi connectivity index (χ1n) is 4.29. The number of rotatable bonds is 3. The molecular weight excluding hydrogens is 330 g/mol.